The van der Waals surface area contributed by atoms with Gasteiger partial charge >= 0.3 is 0 Å². The summed E-state index contributed by atoms with van der Waals surface area (Å²) >= 11 is 0. The quantitative estimate of drug-likeness (QED) is 0.676. The fourth-order valence-electron chi connectivity index (χ4n) is 2.02. The van der Waals surface area contributed by atoms with E-state index in [1.807, 2.05) is 0 Å². The first-order chi connectivity index (χ1) is 9.18. The molecule has 1 unspecified atom stereocenters. The fourth-order valence-corrected chi connectivity index (χ4v) is 2.02. The topological polar surface area (TPSA) is 55.5 Å². The highest BCUT2D eigenvalue weighted by Gasteiger charge is 2.29. The Morgan fingerprint density at radius 2 is 1.95 bits per heavy atom. The van der Waals surface area contributed by atoms with Gasteiger partial charge in [-0.15, -0.1) is 0 Å². The minimum atomic E-state index is -0.542. The van der Waals surface area contributed by atoms with E-state index in [0.29, 0.717) is 19.6 Å². The third kappa shape index (κ3) is 4.56. The number of halogens is 1. The van der Waals surface area contributed by atoms with E-state index in [1.54, 1.807) is 12.1 Å². The van der Waals surface area contributed by atoms with Crippen LogP contribution in [0.2, 0.25) is 0 Å². The zero-order valence-electron chi connectivity index (χ0n) is 11.6. The molecule has 0 radical (unpaired) electrons. The Bertz CT molecular complexity index is 350. The zero-order chi connectivity index (χ0) is 14.1. The van der Waals surface area contributed by atoms with Gasteiger partial charge in [-0.25, -0.2) is 4.39 Å². The molecule has 0 amide bonds. The van der Waals surface area contributed by atoms with Crippen LogP contribution in [0.5, 0.6) is 0 Å². The number of rotatable bonds is 9. The van der Waals surface area contributed by atoms with Crippen molar-refractivity contribution in [3.8, 4) is 0 Å². The van der Waals surface area contributed by atoms with Crippen molar-refractivity contribution < 1.29 is 14.2 Å². The Morgan fingerprint density at radius 3 is 2.47 bits per heavy atom. The number of unbranched alkanes of at least 4 members (excludes halogenated alkanes) is 1. The summed E-state index contributed by atoms with van der Waals surface area (Å²) in [4.78, 5) is 0. The van der Waals surface area contributed by atoms with Gasteiger partial charge in [0.1, 0.15) is 5.82 Å². The Morgan fingerprint density at radius 1 is 1.26 bits per heavy atom. The van der Waals surface area contributed by atoms with E-state index in [-0.39, 0.29) is 12.4 Å². The lowest BCUT2D eigenvalue weighted by molar-refractivity contribution is 0.0930. The van der Waals surface area contributed by atoms with Crippen LogP contribution in [0, 0.1) is 5.82 Å². The van der Waals surface area contributed by atoms with E-state index in [1.165, 1.54) is 12.1 Å². The number of ether oxygens (including phenoxy) is 1. The van der Waals surface area contributed by atoms with Gasteiger partial charge in [0.25, 0.3) is 0 Å². The van der Waals surface area contributed by atoms with Crippen LogP contribution in [0.15, 0.2) is 24.3 Å². The zero-order valence-corrected chi connectivity index (χ0v) is 11.6. The van der Waals surface area contributed by atoms with Crippen LogP contribution in [0.1, 0.15) is 31.7 Å². The molecule has 1 aromatic carbocycles. The summed E-state index contributed by atoms with van der Waals surface area (Å²) in [5.74, 6) is -0.285. The normalized spacial score (nSPS) is 14.3. The van der Waals surface area contributed by atoms with Crippen molar-refractivity contribution in [1.82, 2.24) is 0 Å². The second-order valence-corrected chi connectivity index (χ2v) is 4.87. The molecule has 0 bridgehead atoms. The average Bonchev–Trinajstić information content (AvgIpc) is 2.45. The van der Waals surface area contributed by atoms with Crippen LogP contribution in [0.25, 0.3) is 0 Å². The Labute approximate surface area is 114 Å². The highest BCUT2D eigenvalue weighted by molar-refractivity contribution is 5.26. The smallest absolute Gasteiger partial charge is 0.123 e. The first kappa shape index (κ1) is 16.1. The van der Waals surface area contributed by atoms with Gasteiger partial charge in [-0.05, 0) is 30.5 Å². The van der Waals surface area contributed by atoms with Crippen molar-refractivity contribution in [2.24, 2.45) is 5.73 Å². The molecule has 0 spiro atoms. The SMILES string of the molecule is CCCCOCCC(CN)(CO)c1ccc(F)cc1. The van der Waals surface area contributed by atoms with E-state index in [4.69, 9.17) is 10.5 Å². The van der Waals surface area contributed by atoms with Crippen molar-refractivity contribution in [3.63, 3.8) is 0 Å². The van der Waals surface area contributed by atoms with Gasteiger partial charge in [0.15, 0.2) is 0 Å². The van der Waals surface area contributed by atoms with Gasteiger partial charge in [-0.3, -0.25) is 0 Å². The molecular formula is C15H24FNO2. The van der Waals surface area contributed by atoms with Crippen LogP contribution in [0.4, 0.5) is 4.39 Å². The summed E-state index contributed by atoms with van der Waals surface area (Å²) in [6.07, 6.45) is 2.76. The Balaban J connectivity index is 2.65. The maximum absolute atomic E-state index is 13.0. The lowest BCUT2D eigenvalue weighted by Gasteiger charge is -2.31. The molecule has 0 aliphatic carbocycles. The Hall–Kier alpha value is -0.970. The summed E-state index contributed by atoms with van der Waals surface area (Å²) in [5, 5.41) is 9.67. The number of benzene rings is 1. The lowest BCUT2D eigenvalue weighted by Crippen LogP contribution is -2.40. The minimum absolute atomic E-state index is 0.0632. The fraction of sp³-hybridized carbons (Fsp3) is 0.600. The van der Waals surface area contributed by atoms with Gasteiger partial charge in [0, 0.05) is 25.2 Å². The third-order valence-corrected chi connectivity index (χ3v) is 3.52. The van der Waals surface area contributed by atoms with Gasteiger partial charge < -0.3 is 15.6 Å². The molecular weight excluding hydrogens is 245 g/mol. The lowest BCUT2D eigenvalue weighted by atomic mass is 9.78. The predicted molar refractivity (Wildman–Crippen MR) is 74.6 cm³/mol. The minimum Gasteiger partial charge on any atom is -0.395 e. The molecule has 19 heavy (non-hydrogen) atoms. The highest BCUT2D eigenvalue weighted by atomic mass is 19.1. The number of aliphatic hydroxyl groups excluding tert-OH is 1. The van der Waals surface area contributed by atoms with Crippen LogP contribution in [-0.2, 0) is 10.2 Å². The molecule has 4 heteroatoms. The molecule has 0 heterocycles. The van der Waals surface area contributed by atoms with E-state index < -0.39 is 5.41 Å². The molecule has 0 aliphatic heterocycles. The van der Waals surface area contributed by atoms with E-state index in [0.717, 1.165) is 25.0 Å². The van der Waals surface area contributed by atoms with Crippen LogP contribution < -0.4 is 5.73 Å². The van der Waals surface area contributed by atoms with Gasteiger partial charge in [0.2, 0.25) is 0 Å². The third-order valence-electron chi connectivity index (χ3n) is 3.52. The second kappa shape index (κ2) is 8.25. The summed E-state index contributed by atoms with van der Waals surface area (Å²) in [7, 11) is 0. The number of aliphatic hydroxyl groups is 1. The second-order valence-electron chi connectivity index (χ2n) is 4.87. The van der Waals surface area contributed by atoms with Crippen molar-refractivity contribution in [3.05, 3.63) is 35.6 Å². The maximum atomic E-state index is 13.0. The highest BCUT2D eigenvalue weighted by Crippen LogP contribution is 2.27. The molecule has 1 rings (SSSR count). The number of nitrogens with two attached hydrogens (primary N) is 1. The van der Waals surface area contributed by atoms with Gasteiger partial charge in [-0.1, -0.05) is 25.5 Å². The van der Waals surface area contributed by atoms with Gasteiger partial charge in [0.05, 0.1) is 6.61 Å². The van der Waals surface area contributed by atoms with E-state index in [9.17, 15) is 9.50 Å². The Kier molecular flexibility index (Phi) is 6.99. The summed E-state index contributed by atoms with van der Waals surface area (Å²) in [6.45, 7) is 3.64. The van der Waals surface area contributed by atoms with Crippen molar-refractivity contribution in [1.29, 1.82) is 0 Å². The van der Waals surface area contributed by atoms with Crippen LogP contribution in [0.3, 0.4) is 0 Å². The molecule has 1 aromatic rings. The molecule has 0 saturated carbocycles. The van der Waals surface area contributed by atoms with E-state index >= 15 is 0 Å². The molecule has 108 valence electrons. The maximum Gasteiger partial charge on any atom is 0.123 e. The van der Waals surface area contributed by atoms with Crippen molar-refractivity contribution in [2.45, 2.75) is 31.6 Å². The summed E-state index contributed by atoms with van der Waals surface area (Å²) in [5.41, 5.74) is 6.14. The predicted octanol–water partition coefficient (Wildman–Crippen LogP) is 2.22. The summed E-state index contributed by atoms with van der Waals surface area (Å²) in [6, 6.07) is 6.16. The van der Waals surface area contributed by atoms with Crippen molar-refractivity contribution >= 4 is 0 Å². The number of hydrogen-bond acceptors (Lipinski definition) is 3. The van der Waals surface area contributed by atoms with E-state index in [2.05, 4.69) is 6.92 Å². The monoisotopic (exact) mass is 269 g/mol. The molecule has 0 aromatic heterocycles. The molecule has 0 saturated heterocycles. The standard InChI is InChI=1S/C15H24FNO2/c1-2-3-9-19-10-8-15(11-17,12-18)13-4-6-14(16)7-5-13/h4-7,18H,2-3,8-12,17H2,1H3. The first-order valence-electron chi connectivity index (χ1n) is 6.83. The molecule has 3 N–H and O–H groups in total. The molecule has 0 fully saturated rings. The first-order valence-corrected chi connectivity index (χ1v) is 6.83. The molecule has 3 nitrogen and oxygen atoms in total. The average molecular weight is 269 g/mol. The molecule has 0 aliphatic rings. The summed E-state index contributed by atoms with van der Waals surface area (Å²) < 4.78 is 18.5. The number of hydrogen-bond donors (Lipinski definition) is 2. The van der Waals surface area contributed by atoms with Gasteiger partial charge in [-0.2, -0.15) is 0 Å². The molecule has 1 atom stereocenters. The van der Waals surface area contributed by atoms with Crippen LogP contribution >= 0.6 is 0 Å². The largest absolute Gasteiger partial charge is 0.395 e. The van der Waals surface area contributed by atoms with Crippen LogP contribution in [-0.4, -0.2) is 31.5 Å². The van der Waals surface area contributed by atoms with Crippen molar-refractivity contribution in [2.75, 3.05) is 26.4 Å².